The predicted molar refractivity (Wildman–Crippen MR) is 84.3 cm³/mol. The first-order valence-corrected chi connectivity index (χ1v) is 9.20. The highest BCUT2D eigenvalue weighted by atomic mass is 32.2. The van der Waals surface area contributed by atoms with Crippen LogP contribution in [0.3, 0.4) is 0 Å². The standard InChI is InChI=1S/C15H31NO2S/c1-6-8-9-10-11-12-14(16-13-7-2)15(3,4)19(5,17)18/h6,14,16H,1,7-13H2,2-5H3. The van der Waals surface area contributed by atoms with Crippen molar-refractivity contribution >= 4 is 9.84 Å². The summed E-state index contributed by atoms with van der Waals surface area (Å²) in [5.74, 6) is 0. The Kier molecular flexibility index (Phi) is 8.59. The Bertz CT molecular complexity index is 347. The van der Waals surface area contributed by atoms with Gasteiger partial charge in [0, 0.05) is 12.3 Å². The van der Waals surface area contributed by atoms with Crippen molar-refractivity contribution in [1.29, 1.82) is 0 Å². The van der Waals surface area contributed by atoms with Crippen molar-refractivity contribution in [3.05, 3.63) is 12.7 Å². The second kappa shape index (κ2) is 8.75. The lowest BCUT2D eigenvalue weighted by Crippen LogP contribution is -2.51. The second-order valence-electron chi connectivity index (χ2n) is 5.81. The van der Waals surface area contributed by atoms with Gasteiger partial charge in [-0.15, -0.1) is 6.58 Å². The van der Waals surface area contributed by atoms with Crippen LogP contribution in [0, 0.1) is 0 Å². The van der Waals surface area contributed by atoms with E-state index in [1.807, 2.05) is 19.9 Å². The minimum absolute atomic E-state index is 0.0335. The quantitative estimate of drug-likeness (QED) is 0.469. The molecule has 0 rings (SSSR count). The molecule has 0 amide bonds. The molecule has 0 saturated carbocycles. The van der Waals surface area contributed by atoms with Gasteiger partial charge in [-0.05, 0) is 46.1 Å². The lowest BCUT2D eigenvalue weighted by molar-refractivity contribution is 0.376. The van der Waals surface area contributed by atoms with Gasteiger partial charge in [-0.2, -0.15) is 0 Å². The molecule has 4 heteroatoms. The summed E-state index contributed by atoms with van der Waals surface area (Å²) in [6.45, 7) is 10.3. The molecule has 1 atom stereocenters. The largest absolute Gasteiger partial charge is 0.312 e. The van der Waals surface area contributed by atoms with Gasteiger partial charge in [0.05, 0.1) is 4.75 Å². The zero-order chi connectivity index (χ0) is 14.9. The normalized spacial score (nSPS) is 14.3. The zero-order valence-electron chi connectivity index (χ0n) is 13.0. The molecular formula is C15H31NO2S. The fourth-order valence-electron chi connectivity index (χ4n) is 2.09. The topological polar surface area (TPSA) is 46.2 Å². The van der Waals surface area contributed by atoms with E-state index in [4.69, 9.17) is 0 Å². The van der Waals surface area contributed by atoms with E-state index in [-0.39, 0.29) is 6.04 Å². The molecule has 3 nitrogen and oxygen atoms in total. The monoisotopic (exact) mass is 289 g/mol. The molecule has 0 aliphatic rings. The summed E-state index contributed by atoms with van der Waals surface area (Å²) in [5.41, 5.74) is 0. The summed E-state index contributed by atoms with van der Waals surface area (Å²) in [5, 5.41) is 3.41. The van der Waals surface area contributed by atoms with Gasteiger partial charge in [0.25, 0.3) is 0 Å². The van der Waals surface area contributed by atoms with Crippen LogP contribution in [0.15, 0.2) is 12.7 Å². The Morgan fingerprint density at radius 1 is 1.26 bits per heavy atom. The maximum Gasteiger partial charge on any atom is 0.154 e. The molecule has 0 bridgehead atoms. The van der Waals surface area contributed by atoms with E-state index in [0.717, 1.165) is 45.1 Å². The van der Waals surface area contributed by atoms with Gasteiger partial charge in [-0.3, -0.25) is 0 Å². The van der Waals surface area contributed by atoms with Crippen molar-refractivity contribution in [2.24, 2.45) is 0 Å². The Morgan fingerprint density at radius 2 is 1.89 bits per heavy atom. The molecule has 0 aromatic heterocycles. The smallest absolute Gasteiger partial charge is 0.154 e. The molecule has 19 heavy (non-hydrogen) atoms. The van der Waals surface area contributed by atoms with E-state index in [0.29, 0.717) is 0 Å². The molecule has 114 valence electrons. The van der Waals surface area contributed by atoms with Crippen LogP contribution in [-0.2, 0) is 9.84 Å². The number of allylic oxidation sites excluding steroid dienone is 1. The van der Waals surface area contributed by atoms with E-state index in [1.54, 1.807) is 0 Å². The van der Waals surface area contributed by atoms with Crippen LogP contribution < -0.4 is 5.32 Å². The minimum Gasteiger partial charge on any atom is -0.312 e. The first-order chi connectivity index (χ1) is 8.77. The van der Waals surface area contributed by atoms with Crippen molar-refractivity contribution in [2.75, 3.05) is 12.8 Å². The Morgan fingerprint density at radius 3 is 2.37 bits per heavy atom. The molecule has 0 saturated heterocycles. The molecule has 0 fully saturated rings. The first kappa shape index (κ1) is 18.7. The third-order valence-corrected chi connectivity index (χ3v) is 6.03. The summed E-state index contributed by atoms with van der Waals surface area (Å²) in [7, 11) is -3.06. The van der Waals surface area contributed by atoms with Crippen LogP contribution in [0.1, 0.15) is 59.3 Å². The Balaban J connectivity index is 4.50. The predicted octanol–water partition coefficient (Wildman–Crippen LogP) is 3.31. The molecule has 1 unspecified atom stereocenters. The number of unbranched alkanes of at least 4 members (excludes halogenated alkanes) is 3. The van der Waals surface area contributed by atoms with E-state index in [9.17, 15) is 8.42 Å². The van der Waals surface area contributed by atoms with Crippen molar-refractivity contribution in [1.82, 2.24) is 5.32 Å². The number of hydrogen-bond acceptors (Lipinski definition) is 3. The molecule has 1 N–H and O–H groups in total. The second-order valence-corrected chi connectivity index (χ2v) is 8.41. The number of nitrogens with one attached hydrogen (secondary N) is 1. The van der Waals surface area contributed by atoms with Gasteiger partial charge in [-0.1, -0.05) is 25.8 Å². The van der Waals surface area contributed by atoms with Crippen LogP contribution in [0.25, 0.3) is 0 Å². The van der Waals surface area contributed by atoms with Gasteiger partial charge in [-0.25, -0.2) is 8.42 Å². The SMILES string of the molecule is C=CCCCCCC(NCCC)C(C)(C)S(C)(=O)=O. The summed E-state index contributed by atoms with van der Waals surface area (Å²) >= 11 is 0. The summed E-state index contributed by atoms with van der Waals surface area (Å²) < 4.78 is 23.2. The van der Waals surface area contributed by atoms with Crippen LogP contribution in [0.4, 0.5) is 0 Å². The van der Waals surface area contributed by atoms with Crippen LogP contribution >= 0.6 is 0 Å². The lowest BCUT2D eigenvalue weighted by atomic mass is 9.96. The molecule has 0 aliphatic carbocycles. The van der Waals surface area contributed by atoms with Gasteiger partial charge >= 0.3 is 0 Å². The molecule has 0 heterocycles. The maximum atomic E-state index is 11.9. The number of rotatable bonds is 11. The van der Waals surface area contributed by atoms with Crippen LogP contribution in [0.2, 0.25) is 0 Å². The zero-order valence-corrected chi connectivity index (χ0v) is 13.9. The molecular weight excluding hydrogens is 258 g/mol. The molecule has 0 spiro atoms. The van der Waals surface area contributed by atoms with Gasteiger partial charge in [0.2, 0.25) is 0 Å². The average Bonchev–Trinajstić information content (AvgIpc) is 2.31. The summed E-state index contributed by atoms with van der Waals surface area (Å²) in [4.78, 5) is 0. The molecule has 0 aromatic carbocycles. The van der Waals surface area contributed by atoms with Crippen molar-refractivity contribution < 1.29 is 8.42 Å². The van der Waals surface area contributed by atoms with E-state index >= 15 is 0 Å². The van der Waals surface area contributed by atoms with Crippen molar-refractivity contribution in [2.45, 2.75) is 70.1 Å². The van der Waals surface area contributed by atoms with E-state index in [2.05, 4.69) is 18.8 Å². The number of sulfone groups is 1. The maximum absolute atomic E-state index is 11.9. The third-order valence-electron chi connectivity index (χ3n) is 3.84. The third kappa shape index (κ3) is 6.57. The van der Waals surface area contributed by atoms with Crippen molar-refractivity contribution in [3.8, 4) is 0 Å². The first-order valence-electron chi connectivity index (χ1n) is 7.31. The van der Waals surface area contributed by atoms with E-state index < -0.39 is 14.6 Å². The molecule has 0 radical (unpaired) electrons. The fraction of sp³-hybridized carbons (Fsp3) is 0.867. The van der Waals surface area contributed by atoms with Gasteiger partial charge < -0.3 is 5.32 Å². The fourth-order valence-corrected chi connectivity index (χ4v) is 2.80. The highest BCUT2D eigenvalue weighted by molar-refractivity contribution is 7.92. The molecule has 0 aromatic rings. The van der Waals surface area contributed by atoms with Crippen LogP contribution in [-0.4, -0.2) is 32.0 Å². The van der Waals surface area contributed by atoms with Crippen LogP contribution in [0.5, 0.6) is 0 Å². The van der Waals surface area contributed by atoms with Gasteiger partial charge in [0.1, 0.15) is 0 Å². The summed E-state index contributed by atoms with van der Waals surface area (Å²) in [6, 6.07) is 0.0335. The highest BCUT2D eigenvalue weighted by Gasteiger charge is 2.38. The lowest BCUT2D eigenvalue weighted by Gasteiger charge is -2.33. The Hall–Kier alpha value is -0.350. The van der Waals surface area contributed by atoms with Crippen molar-refractivity contribution in [3.63, 3.8) is 0 Å². The number of hydrogen-bond donors (Lipinski definition) is 1. The summed E-state index contributed by atoms with van der Waals surface area (Å²) in [6.07, 6.45) is 9.60. The minimum atomic E-state index is -3.06. The van der Waals surface area contributed by atoms with E-state index in [1.165, 1.54) is 6.26 Å². The average molecular weight is 289 g/mol. The Labute approximate surface area is 119 Å². The highest BCUT2D eigenvalue weighted by Crippen LogP contribution is 2.24. The molecule has 0 aliphatic heterocycles. The van der Waals surface area contributed by atoms with Gasteiger partial charge in [0.15, 0.2) is 9.84 Å².